The van der Waals surface area contributed by atoms with Crippen LogP contribution in [0.5, 0.6) is 0 Å². The Hall–Kier alpha value is -0.460. The molecule has 0 aromatic heterocycles. The number of aliphatic hydroxyl groups excluding tert-OH is 1. The van der Waals surface area contributed by atoms with E-state index >= 15 is 0 Å². The van der Waals surface area contributed by atoms with Crippen molar-refractivity contribution in [3.8, 4) is 0 Å². The van der Waals surface area contributed by atoms with E-state index in [9.17, 15) is 19.1 Å². The van der Waals surface area contributed by atoms with Gasteiger partial charge < -0.3 is 29.7 Å². The maximum atomic E-state index is 10.3. The second-order valence-electron chi connectivity index (χ2n) is 1.65. The molecule has 7 nitrogen and oxygen atoms in total. The molecule has 11 heavy (non-hydrogen) atoms. The van der Waals surface area contributed by atoms with Crippen molar-refractivity contribution >= 4 is 13.8 Å². The number of carbonyl (C=O) groups excluding carboxylic acids is 1. The quantitative estimate of drug-likeness (QED) is 0.436. The van der Waals surface area contributed by atoms with Gasteiger partial charge in [0.2, 0.25) is 0 Å². The molecule has 66 valence electrons. The van der Waals surface area contributed by atoms with Crippen LogP contribution in [0, 0.1) is 0 Å². The zero-order valence-electron chi connectivity index (χ0n) is 5.30. The lowest BCUT2D eigenvalue weighted by atomic mass is 10.3. The lowest BCUT2D eigenvalue weighted by Crippen LogP contribution is -2.37. The van der Waals surface area contributed by atoms with Crippen LogP contribution in [-0.4, -0.2) is 23.7 Å². The van der Waals surface area contributed by atoms with Crippen LogP contribution in [-0.2, 0) is 13.9 Å². The third-order valence-corrected chi connectivity index (χ3v) is 1.10. The fourth-order valence-corrected chi connectivity index (χ4v) is 0.608. The molecule has 0 aromatic rings. The van der Waals surface area contributed by atoms with Crippen molar-refractivity contribution in [3.05, 3.63) is 0 Å². The number of rotatable bonds is 3. The molecule has 0 saturated carbocycles. The summed E-state index contributed by atoms with van der Waals surface area (Å²) in [5.74, 6) is -1.46. The van der Waals surface area contributed by atoms with Gasteiger partial charge in [0.15, 0.2) is 0 Å². The van der Waals surface area contributed by atoms with Gasteiger partial charge in [-0.05, 0) is 0 Å². The lowest BCUT2D eigenvalue weighted by molar-refractivity contribution is -0.337. The highest BCUT2D eigenvalue weighted by Crippen LogP contribution is 2.24. The van der Waals surface area contributed by atoms with Gasteiger partial charge in [0, 0.05) is 0 Å². The Morgan fingerprint density at radius 3 is 2.45 bits per heavy atom. The fraction of sp³-hybridized carbons (Fsp3) is 0.667. The highest BCUT2D eigenvalue weighted by Gasteiger charge is 2.14. The smallest absolute Gasteiger partial charge is 0.328 e. The summed E-state index contributed by atoms with van der Waals surface area (Å²) in [6.07, 6.45) is 0. The number of nitrogens with two attached hydrogens (primary N) is 1. The zero-order valence-corrected chi connectivity index (χ0v) is 6.19. The van der Waals surface area contributed by atoms with Gasteiger partial charge in [-0.1, -0.05) is 0 Å². The summed E-state index contributed by atoms with van der Waals surface area (Å²) in [6, 6.07) is -1.49. The molecule has 0 fully saturated rings. The number of hydrogen-bond acceptors (Lipinski definition) is 7. The molecule has 0 spiro atoms. The zero-order chi connectivity index (χ0) is 9.07. The first kappa shape index (κ1) is 10.5. The SMILES string of the molecule is NC(CO)C(=O)OP(=O)([O-])[O-]. The molecule has 0 aliphatic rings. The monoisotopic (exact) mass is 183 g/mol. The van der Waals surface area contributed by atoms with Crippen LogP contribution in [0.1, 0.15) is 0 Å². The van der Waals surface area contributed by atoms with Crippen molar-refractivity contribution in [1.29, 1.82) is 0 Å². The Bertz CT molecular complexity index is 186. The van der Waals surface area contributed by atoms with E-state index in [0.29, 0.717) is 0 Å². The molecule has 0 rings (SSSR count). The van der Waals surface area contributed by atoms with Gasteiger partial charge in [-0.3, -0.25) is 4.79 Å². The molecule has 0 saturated heterocycles. The van der Waals surface area contributed by atoms with Crippen LogP contribution in [0.3, 0.4) is 0 Å². The summed E-state index contributed by atoms with van der Waals surface area (Å²) in [7, 11) is -5.33. The average Bonchev–Trinajstić information content (AvgIpc) is 1.82. The van der Waals surface area contributed by atoms with Crippen LogP contribution in [0.4, 0.5) is 0 Å². The van der Waals surface area contributed by atoms with Gasteiger partial charge in [0.05, 0.1) is 6.61 Å². The van der Waals surface area contributed by atoms with Crippen molar-refractivity contribution < 1.29 is 28.8 Å². The van der Waals surface area contributed by atoms with E-state index in [-0.39, 0.29) is 0 Å². The average molecular weight is 183 g/mol. The van der Waals surface area contributed by atoms with Gasteiger partial charge >= 0.3 is 5.97 Å². The minimum absolute atomic E-state index is 0.779. The van der Waals surface area contributed by atoms with E-state index in [1.807, 2.05) is 0 Å². The van der Waals surface area contributed by atoms with Crippen molar-refractivity contribution in [2.24, 2.45) is 5.73 Å². The Kier molecular flexibility index (Phi) is 3.64. The molecule has 0 bridgehead atoms. The molecule has 3 N–H and O–H groups in total. The molecular weight excluding hydrogens is 177 g/mol. The number of phosphoric acid groups is 1. The van der Waals surface area contributed by atoms with Crippen molar-refractivity contribution in [2.75, 3.05) is 6.61 Å². The van der Waals surface area contributed by atoms with Gasteiger partial charge in [0.25, 0.3) is 0 Å². The predicted molar refractivity (Wildman–Crippen MR) is 28.8 cm³/mol. The van der Waals surface area contributed by atoms with E-state index in [1.165, 1.54) is 0 Å². The Balaban J connectivity index is 3.99. The van der Waals surface area contributed by atoms with E-state index in [2.05, 4.69) is 4.52 Å². The summed E-state index contributed by atoms with van der Waals surface area (Å²) in [5.41, 5.74) is 4.80. The molecule has 1 unspecified atom stereocenters. The van der Waals surface area contributed by atoms with Gasteiger partial charge in [-0.15, -0.1) is 0 Å². The first-order chi connectivity index (χ1) is 4.87. The predicted octanol–water partition coefficient (Wildman–Crippen LogP) is -3.32. The second kappa shape index (κ2) is 3.80. The molecule has 0 aromatic carbocycles. The highest BCUT2D eigenvalue weighted by atomic mass is 31.2. The Morgan fingerprint density at radius 2 is 2.18 bits per heavy atom. The minimum atomic E-state index is -5.33. The van der Waals surface area contributed by atoms with Gasteiger partial charge in [-0.2, -0.15) is 0 Å². The fourth-order valence-electron chi connectivity index (χ4n) is 0.252. The largest absolute Gasteiger partial charge is 0.780 e. The first-order valence-corrected chi connectivity index (χ1v) is 3.95. The lowest BCUT2D eigenvalue weighted by Gasteiger charge is -2.28. The molecular formula is C3H6NO6P-2. The molecule has 1 atom stereocenters. The summed E-state index contributed by atoms with van der Waals surface area (Å²) in [5, 5.41) is 8.18. The molecule has 0 aliphatic heterocycles. The van der Waals surface area contributed by atoms with Crippen molar-refractivity contribution in [1.82, 2.24) is 0 Å². The molecule has 0 aliphatic carbocycles. The normalized spacial score (nSPS) is 14.2. The number of aliphatic hydroxyl groups is 1. The Morgan fingerprint density at radius 1 is 1.73 bits per heavy atom. The number of carbonyl (C=O) groups is 1. The third kappa shape index (κ3) is 4.88. The van der Waals surface area contributed by atoms with E-state index in [4.69, 9.17) is 10.8 Å². The molecule has 0 amide bonds. The maximum absolute atomic E-state index is 10.3. The third-order valence-electron chi connectivity index (χ3n) is 0.701. The number of phosphoric ester groups is 1. The first-order valence-electron chi connectivity index (χ1n) is 2.49. The molecule has 0 radical (unpaired) electrons. The molecule has 0 heterocycles. The highest BCUT2D eigenvalue weighted by molar-refractivity contribution is 7.43. The standard InChI is InChI=1S/C3H8NO6P/c4-2(1-5)3(6)10-11(7,8)9/h2,5H,1,4H2,(H2,7,8,9)/p-2. The van der Waals surface area contributed by atoms with Gasteiger partial charge in [-0.25, -0.2) is 0 Å². The van der Waals surface area contributed by atoms with Crippen LogP contribution >= 0.6 is 7.82 Å². The van der Waals surface area contributed by atoms with Crippen molar-refractivity contribution in [3.63, 3.8) is 0 Å². The minimum Gasteiger partial charge on any atom is -0.780 e. The van der Waals surface area contributed by atoms with Crippen LogP contribution < -0.4 is 15.5 Å². The van der Waals surface area contributed by atoms with Gasteiger partial charge in [0.1, 0.15) is 13.9 Å². The van der Waals surface area contributed by atoms with E-state index in [1.54, 1.807) is 0 Å². The van der Waals surface area contributed by atoms with Crippen LogP contribution in [0.15, 0.2) is 0 Å². The summed E-state index contributed by atoms with van der Waals surface area (Å²) < 4.78 is 13.1. The summed E-state index contributed by atoms with van der Waals surface area (Å²) in [4.78, 5) is 29.8. The summed E-state index contributed by atoms with van der Waals surface area (Å²) in [6.45, 7) is -0.779. The van der Waals surface area contributed by atoms with E-state index < -0.39 is 26.4 Å². The summed E-state index contributed by atoms with van der Waals surface area (Å²) >= 11 is 0. The Labute approximate surface area is 62.0 Å². The van der Waals surface area contributed by atoms with E-state index in [0.717, 1.165) is 0 Å². The van der Waals surface area contributed by atoms with Crippen LogP contribution in [0.2, 0.25) is 0 Å². The second-order valence-corrected chi connectivity index (χ2v) is 2.72. The maximum Gasteiger partial charge on any atom is 0.328 e. The number of hydrogen-bond donors (Lipinski definition) is 2. The van der Waals surface area contributed by atoms with Crippen LogP contribution in [0.25, 0.3) is 0 Å². The molecule has 8 heteroatoms. The topological polar surface area (TPSA) is 136 Å². The van der Waals surface area contributed by atoms with Crippen molar-refractivity contribution in [2.45, 2.75) is 6.04 Å².